The van der Waals surface area contributed by atoms with Crippen LogP contribution in [-0.2, 0) is 16.0 Å². The van der Waals surface area contributed by atoms with Crippen molar-refractivity contribution in [1.82, 2.24) is 19.6 Å². The van der Waals surface area contributed by atoms with E-state index in [1.54, 1.807) is 41.5 Å². The molecule has 2 aromatic carbocycles. The number of fused-ring (bicyclic) bond motifs is 2. The Balaban J connectivity index is 1.45. The smallest absolute Gasteiger partial charge is 0.412 e. The van der Waals surface area contributed by atoms with E-state index in [9.17, 15) is 19.6 Å². The van der Waals surface area contributed by atoms with E-state index in [4.69, 9.17) is 9.47 Å². The third-order valence-electron chi connectivity index (χ3n) is 8.05. The molecule has 4 heterocycles. The minimum atomic E-state index is -1.42. The topological polar surface area (TPSA) is 130 Å². The number of hydrogen-bond donors (Lipinski definition) is 1. The van der Waals surface area contributed by atoms with Crippen LogP contribution in [0.3, 0.4) is 0 Å². The van der Waals surface area contributed by atoms with Crippen molar-refractivity contribution in [3.8, 4) is 17.2 Å². The fraction of sp³-hybridized carbons (Fsp3) is 0.424. The highest BCUT2D eigenvalue weighted by Gasteiger charge is 2.40. The number of halogens is 3. The van der Waals surface area contributed by atoms with Gasteiger partial charge in [-0.2, -0.15) is 10.4 Å². The lowest BCUT2D eigenvalue weighted by Crippen LogP contribution is -2.58. The number of anilines is 1. The van der Waals surface area contributed by atoms with Crippen molar-refractivity contribution >= 4 is 55.4 Å². The Bertz CT molecular complexity index is 2060. The molecule has 6 rings (SSSR count). The van der Waals surface area contributed by atoms with Crippen LogP contribution < -0.4 is 5.32 Å². The molecule has 2 aliphatic rings. The van der Waals surface area contributed by atoms with Gasteiger partial charge in [-0.1, -0.05) is 6.07 Å². The van der Waals surface area contributed by atoms with Gasteiger partial charge in [-0.05, 0) is 59.6 Å². The number of ether oxygens (including phenoxy) is 2. The van der Waals surface area contributed by atoms with Crippen LogP contribution in [0.4, 0.5) is 27.8 Å². The van der Waals surface area contributed by atoms with Gasteiger partial charge in [0, 0.05) is 42.5 Å². The fourth-order valence-corrected chi connectivity index (χ4v) is 7.22. The number of carbonyl (C=O) groups excluding carboxylic acids is 3. The SMILES string of the molecule is CC(C)(C)OC(=O)Nc1sc2c(F)ccc(-c3c(F)c(F)c4c5c3cnn5CC[C@@H]3CN(C(=O)OC(C)(C)C)CCN3C4=O)c2c1C#N. The van der Waals surface area contributed by atoms with Crippen LogP contribution in [0.5, 0.6) is 0 Å². The highest BCUT2D eigenvalue weighted by atomic mass is 32.1. The van der Waals surface area contributed by atoms with Crippen molar-refractivity contribution in [3.05, 3.63) is 46.9 Å². The Morgan fingerprint density at radius 2 is 1.71 bits per heavy atom. The first-order valence-corrected chi connectivity index (χ1v) is 16.1. The summed E-state index contributed by atoms with van der Waals surface area (Å²) in [6.45, 7) is 10.8. The molecule has 48 heavy (non-hydrogen) atoms. The Hall–Kier alpha value is -4.84. The molecule has 1 atom stereocenters. The van der Waals surface area contributed by atoms with Crippen molar-refractivity contribution in [2.45, 2.75) is 71.8 Å². The number of thiophene rings is 1. The van der Waals surface area contributed by atoms with Gasteiger partial charge in [-0.15, -0.1) is 11.3 Å². The zero-order chi connectivity index (χ0) is 34.9. The van der Waals surface area contributed by atoms with E-state index in [-0.39, 0.29) is 68.9 Å². The van der Waals surface area contributed by atoms with E-state index in [1.807, 2.05) is 6.07 Å². The molecule has 1 saturated heterocycles. The maximum Gasteiger partial charge on any atom is 0.412 e. The first kappa shape index (κ1) is 33.1. The normalized spacial score (nSPS) is 16.8. The van der Waals surface area contributed by atoms with E-state index < -0.39 is 58.4 Å². The lowest BCUT2D eigenvalue weighted by atomic mass is 9.93. The average molecular weight is 683 g/mol. The largest absolute Gasteiger partial charge is 0.444 e. The Labute approximate surface area is 277 Å². The van der Waals surface area contributed by atoms with E-state index >= 15 is 13.2 Å². The fourth-order valence-electron chi connectivity index (χ4n) is 6.15. The van der Waals surface area contributed by atoms with E-state index in [1.165, 1.54) is 26.7 Å². The van der Waals surface area contributed by atoms with E-state index in [2.05, 4.69) is 10.4 Å². The number of nitrogens with one attached hydrogen (secondary N) is 1. The van der Waals surface area contributed by atoms with Gasteiger partial charge in [0.2, 0.25) is 0 Å². The molecular formula is C33H33F3N6O5S. The summed E-state index contributed by atoms with van der Waals surface area (Å²) in [6, 6.07) is 3.75. The summed E-state index contributed by atoms with van der Waals surface area (Å²) < 4.78 is 60.1. The Morgan fingerprint density at radius 3 is 2.38 bits per heavy atom. The van der Waals surface area contributed by atoms with Crippen LogP contribution in [0, 0.1) is 28.8 Å². The van der Waals surface area contributed by atoms with Crippen molar-refractivity contribution in [2.24, 2.45) is 0 Å². The van der Waals surface area contributed by atoms with Crippen molar-refractivity contribution in [1.29, 1.82) is 5.26 Å². The summed E-state index contributed by atoms with van der Waals surface area (Å²) in [7, 11) is 0. The van der Waals surface area contributed by atoms with Crippen LogP contribution in [0.25, 0.3) is 32.1 Å². The van der Waals surface area contributed by atoms with Gasteiger partial charge in [-0.25, -0.2) is 22.8 Å². The zero-order valence-electron chi connectivity index (χ0n) is 27.2. The lowest BCUT2D eigenvalue weighted by molar-refractivity contribution is 0.00262. The number of aromatic nitrogens is 2. The molecule has 0 spiro atoms. The van der Waals surface area contributed by atoms with Crippen LogP contribution in [0.1, 0.15) is 63.9 Å². The van der Waals surface area contributed by atoms with Crippen molar-refractivity contribution in [2.75, 3.05) is 25.0 Å². The molecule has 0 aliphatic carbocycles. The first-order valence-electron chi connectivity index (χ1n) is 15.3. The standard InChI is InChI=1S/C33H33F3N6O5S/c1-32(2,3)46-30(44)39-28-18(13-37)22-17(7-8-20(34)27(22)48-28)21-19-14-38-42-10-9-16-15-40(31(45)47-33(4,5)6)11-12-41(16)29(43)23(26(19)42)25(36)24(21)35/h7-8,14,16H,9-12,15H2,1-6H3,(H,39,44)/t16-/m1/s1. The van der Waals surface area contributed by atoms with E-state index in [0.717, 1.165) is 17.4 Å². The van der Waals surface area contributed by atoms with Gasteiger partial charge in [0.15, 0.2) is 11.6 Å². The molecule has 0 saturated carbocycles. The highest BCUT2D eigenvalue weighted by molar-refractivity contribution is 7.23. The van der Waals surface area contributed by atoms with Gasteiger partial charge in [0.25, 0.3) is 5.91 Å². The van der Waals surface area contributed by atoms with Crippen LogP contribution in [0.2, 0.25) is 0 Å². The molecule has 2 aliphatic heterocycles. The molecule has 15 heteroatoms. The number of hydrogen-bond acceptors (Lipinski definition) is 8. The number of nitriles is 1. The van der Waals surface area contributed by atoms with Crippen molar-refractivity contribution < 1.29 is 37.0 Å². The average Bonchev–Trinajstić information content (AvgIpc) is 3.56. The summed E-state index contributed by atoms with van der Waals surface area (Å²) >= 11 is 0.757. The number of aryl methyl sites for hydroxylation is 1. The number of piperazine rings is 1. The zero-order valence-corrected chi connectivity index (χ0v) is 28.0. The molecule has 252 valence electrons. The maximum absolute atomic E-state index is 16.4. The third kappa shape index (κ3) is 5.78. The third-order valence-corrected chi connectivity index (χ3v) is 9.16. The van der Waals surface area contributed by atoms with Gasteiger partial charge < -0.3 is 19.3 Å². The summed E-state index contributed by atoms with van der Waals surface area (Å²) in [6.07, 6.45) is 0.269. The number of amides is 3. The van der Waals surface area contributed by atoms with E-state index in [0.29, 0.717) is 6.42 Å². The number of benzene rings is 2. The first-order chi connectivity index (χ1) is 22.5. The Morgan fingerprint density at radius 1 is 1.02 bits per heavy atom. The highest BCUT2D eigenvalue weighted by Crippen LogP contribution is 2.46. The molecule has 1 fully saturated rings. The predicted octanol–water partition coefficient (Wildman–Crippen LogP) is 7.02. The molecule has 3 amide bonds. The van der Waals surface area contributed by atoms with Crippen LogP contribution >= 0.6 is 11.3 Å². The van der Waals surface area contributed by atoms with Crippen molar-refractivity contribution in [3.63, 3.8) is 0 Å². The molecule has 11 nitrogen and oxygen atoms in total. The summed E-state index contributed by atoms with van der Waals surface area (Å²) in [5, 5.41) is 17.0. The van der Waals surface area contributed by atoms with Crippen LogP contribution in [-0.4, -0.2) is 74.6 Å². The molecule has 2 aromatic heterocycles. The molecule has 0 radical (unpaired) electrons. The van der Waals surface area contributed by atoms with Gasteiger partial charge in [-0.3, -0.25) is 14.8 Å². The predicted molar refractivity (Wildman–Crippen MR) is 172 cm³/mol. The second-order valence-electron chi connectivity index (χ2n) is 13.7. The Kier molecular flexibility index (Phi) is 8.06. The van der Waals surface area contributed by atoms with Gasteiger partial charge in [0.1, 0.15) is 33.7 Å². The molecule has 0 bridgehead atoms. The monoisotopic (exact) mass is 682 g/mol. The second-order valence-corrected chi connectivity index (χ2v) is 14.7. The maximum atomic E-state index is 16.4. The lowest BCUT2D eigenvalue weighted by Gasteiger charge is -2.42. The minimum absolute atomic E-state index is 0.0164. The van der Waals surface area contributed by atoms with Crippen LogP contribution in [0.15, 0.2) is 18.3 Å². The number of rotatable bonds is 2. The quantitative estimate of drug-likeness (QED) is 0.241. The summed E-state index contributed by atoms with van der Waals surface area (Å²) in [5.74, 6) is -4.28. The minimum Gasteiger partial charge on any atom is -0.444 e. The molecule has 4 aromatic rings. The molecular weight excluding hydrogens is 649 g/mol. The van der Waals surface area contributed by atoms with Gasteiger partial charge in [0.05, 0.1) is 28.0 Å². The number of nitrogens with zero attached hydrogens (tertiary/aromatic N) is 5. The second kappa shape index (κ2) is 11.7. The number of carbonyl (C=O) groups is 3. The summed E-state index contributed by atoms with van der Waals surface area (Å²) in [5.41, 5.74) is -2.51. The molecule has 0 unspecified atom stereocenters. The van der Waals surface area contributed by atoms with Gasteiger partial charge >= 0.3 is 12.2 Å². The molecule has 1 N–H and O–H groups in total. The summed E-state index contributed by atoms with van der Waals surface area (Å²) in [4.78, 5) is 42.3.